The Kier molecular flexibility index (Phi) is 4.37. The van der Waals surface area contributed by atoms with E-state index in [1.165, 1.54) is 11.1 Å². The van der Waals surface area contributed by atoms with Crippen LogP contribution in [0.3, 0.4) is 0 Å². The highest BCUT2D eigenvalue weighted by Crippen LogP contribution is 2.37. The maximum atomic E-state index is 12.9. The van der Waals surface area contributed by atoms with Gasteiger partial charge in [-0.1, -0.05) is 59.9 Å². The fourth-order valence-corrected chi connectivity index (χ4v) is 5.31. The van der Waals surface area contributed by atoms with Crippen molar-refractivity contribution >= 4 is 45.2 Å². The molecule has 0 unspecified atom stereocenters. The van der Waals surface area contributed by atoms with Crippen LogP contribution >= 0.6 is 23.5 Å². The van der Waals surface area contributed by atoms with Crippen LogP contribution in [0.25, 0.3) is 0 Å². The van der Waals surface area contributed by atoms with E-state index in [2.05, 4.69) is 12.1 Å². The quantitative estimate of drug-likeness (QED) is 0.788. The van der Waals surface area contributed by atoms with Crippen LogP contribution in [0.2, 0.25) is 0 Å². The molecule has 2 heterocycles. The Hall–Kier alpha value is -1.72. The number of para-hydroxylation sites is 2. The number of anilines is 1. The second-order valence-electron chi connectivity index (χ2n) is 5.92. The van der Waals surface area contributed by atoms with Crippen molar-refractivity contribution in [2.24, 2.45) is 4.99 Å². The third-order valence-corrected chi connectivity index (χ3v) is 6.62. The van der Waals surface area contributed by atoms with Gasteiger partial charge in [0.1, 0.15) is 4.38 Å². The van der Waals surface area contributed by atoms with Gasteiger partial charge in [0.25, 0.3) is 0 Å². The van der Waals surface area contributed by atoms with E-state index in [0.29, 0.717) is 0 Å². The standard InChI is InChI=1S/C19H18N2OS2/c1-13(18(22)21-11-10-14-6-3-5-9-17(14)21)24-19-20-16-8-4-2-7-15(16)12-23-19/h2-9,13H,10-12H2,1H3/t13-/m0/s1. The number of fused-ring (bicyclic) bond motifs is 2. The summed E-state index contributed by atoms with van der Waals surface area (Å²) in [7, 11) is 0. The minimum Gasteiger partial charge on any atom is -0.311 e. The van der Waals surface area contributed by atoms with Gasteiger partial charge in [0.05, 0.1) is 10.9 Å². The zero-order chi connectivity index (χ0) is 16.5. The molecule has 1 atom stereocenters. The Bertz CT molecular complexity index is 819. The molecule has 0 fully saturated rings. The molecule has 5 heteroatoms. The summed E-state index contributed by atoms with van der Waals surface area (Å²) in [5.41, 5.74) is 4.63. The first-order valence-electron chi connectivity index (χ1n) is 8.08. The Balaban J connectivity index is 1.48. The molecule has 0 bridgehead atoms. The molecule has 4 rings (SSSR count). The van der Waals surface area contributed by atoms with E-state index in [-0.39, 0.29) is 11.2 Å². The summed E-state index contributed by atoms with van der Waals surface area (Å²) in [6.07, 6.45) is 0.947. The summed E-state index contributed by atoms with van der Waals surface area (Å²) in [4.78, 5) is 19.5. The minimum atomic E-state index is -0.132. The molecule has 2 aromatic rings. The van der Waals surface area contributed by atoms with Gasteiger partial charge in [0.2, 0.25) is 5.91 Å². The molecule has 0 spiro atoms. The lowest BCUT2D eigenvalue weighted by Crippen LogP contribution is -2.35. The first-order chi connectivity index (χ1) is 11.7. The molecule has 0 N–H and O–H groups in total. The van der Waals surface area contributed by atoms with Crippen molar-refractivity contribution in [3.63, 3.8) is 0 Å². The van der Waals surface area contributed by atoms with Crippen LogP contribution < -0.4 is 4.90 Å². The summed E-state index contributed by atoms with van der Waals surface area (Å²) in [5.74, 6) is 1.10. The number of rotatable bonds is 2. The number of carbonyl (C=O) groups excluding carboxylic acids is 1. The SMILES string of the molecule is C[C@H](SC1=Nc2ccccc2CS1)C(=O)N1CCc2ccccc21. The molecule has 0 aliphatic carbocycles. The Morgan fingerprint density at radius 1 is 1.17 bits per heavy atom. The van der Waals surface area contributed by atoms with E-state index in [1.807, 2.05) is 48.2 Å². The van der Waals surface area contributed by atoms with Gasteiger partial charge in [0, 0.05) is 18.0 Å². The van der Waals surface area contributed by atoms with Gasteiger partial charge in [-0.2, -0.15) is 0 Å². The average Bonchev–Trinajstić information content (AvgIpc) is 3.05. The fraction of sp³-hybridized carbons (Fsp3) is 0.263. The lowest BCUT2D eigenvalue weighted by Gasteiger charge is -2.22. The van der Waals surface area contributed by atoms with Crippen molar-refractivity contribution in [2.75, 3.05) is 11.4 Å². The van der Waals surface area contributed by atoms with Gasteiger partial charge in [-0.3, -0.25) is 4.79 Å². The van der Waals surface area contributed by atoms with Crippen LogP contribution in [0.5, 0.6) is 0 Å². The largest absolute Gasteiger partial charge is 0.311 e. The summed E-state index contributed by atoms with van der Waals surface area (Å²) < 4.78 is 0.988. The molecule has 2 aliphatic heterocycles. The average molecular weight is 355 g/mol. The van der Waals surface area contributed by atoms with Crippen LogP contribution in [0.15, 0.2) is 53.5 Å². The van der Waals surface area contributed by atoms with Gasteiger partial charge < -0.3 is 4.90 Å². The smallest absolute Gasteiger partial charge is 0.240 e. The third-order valence-electron chi connectivity index (χ3n) is 4.33. The second-order valence-corrected chi connectivity index (χ2v) is 8.48. The Morgan fingerprint density at radius 2 is 1.92 bits per heavy atom. The Morgan fingerprint density at radius 3 is 2.79 bits per heavy atom. The molecule has 0 saturated heterocycles. The highest BCUT2D eigenvalue weighted by atomic mass is 32.2. The zero-order valence-corrected chi connectivity index (χ0v) is 15.1. The van der Waals surface area contributed by atoms with Gasteiger partial charge in [-0.15, -0.1) is 0 Å². The van der Waals surface area contributed by atoms with E-state index >= 15 is 0 Å². The molecule has 2 aromatic carbocycles. The molecule has 122 valence electrons. The first-order valence-corrected chi connectivity index (χ1v) is 9.94. The van der Waals surface area contributed by atoms with Gasteiger partial charge in [-0.05, 0) is 36.6 Å². The summed E-state index contributed by atoms with van der Waals surface area (Å²) in [5, 5.41) is -0.132. The zero-order valence-electron chi connectivity index (χ0n) is 13.4. The van der Waals surface area contributed by atoms with E-state index < -0.39 is 0 Å². The van der Waals surface area contributed by atoms with Crippen LogP contribution in [-0.2, 0) is 17.0 Å². The van der Waals surface area contributed by atoms with E-state index in [0.717, 1.165) is 34.5 Å². The van der Waals surface area contributed by atoms with Crippen LogP contribution in [0, 0.1) is 0 Å². The van der Waals surface area contributed by atoms with Crippen molar-refractivity contribution in [3.8, 4) is 0 Å². The number of hydrogen-bond acceptors (Lipinski definition) is 4. The number of amides is 1. The fourth-order valence-electron chi connectivity index (χ4n) is 3.06. The molecule has 0 saturated carbocycles. The number of carbonyl (C=O) groups is 1. The highest BCUT2D eigenvalue weighted by Gasteiger charge is 2.29. The summed E-state index contributed by atoms with van der Waals surface area (Å²) in [6.45, 7) is 2.77. The maximum absolute atomic E-state index is 12.9. The van der Waals surface area contributed by atoms with Crippen LogP contribution in [0.4, 0.5) is 11.4 Å². The number of hydrogen-bond donors (Lipinski definition) is 0. The van der Waals surface area contributed by atoms with Crippen LogP contribution in [0.1, 0.15) is 18.1 Å². The summed E-state index contributed by atoms with van der Waals surface area (Å²) >= 11 is 3.30. The number of aliphatic imine (C=N–C) groups is 1. The molecule has 0 radical (unpaired) electrons. The molecule has 2 aliphatic rings. The minimum absolute atomic E-state index is 0.132. The second kappa shape index (κ2) is 6.65. The molecular weight excluding hydrogens is 336 g/mol. The third kappa shape index (κ3) is 2.98. The number of benzene rings is 2. The molecule has 0 aromatic heterocycles. The lowest BCUT2D eigenvalue weighted by atomic mass is 10.2. The van der Waals surface area contributed by atoms with Crippen molar-refractivity contribution in [3.05, 3.63) is 59.7 Å². The van der Waals surface area contributed by atoms with Crippen LogP contribution in [-0.4, -0.2) is 22.1 Å². The molecular formula is C19H18N2OS2. The van der Waals surface area contributed by atoms with Crippen molar-refractivity contribution < 1.29 is 4.79 Å². The van der Waals surface area contributed by atoms with E-state index in [4.69, 9.17) is 4.99 Å². The first kappa shape index (κ1) is 15.8. The molecule has 1 amide bonds. The number of thioether (sulfide) groups is 2. The van der Waals surface area contributed by atoms with E-state index in [1.54, 1.807) is 23.5 Å². The van der Waals surface area contributed by atoms with Gasteiger partial charge >= 0.3 is 0 Å². The van der Waals surface area contributed by atoms with Crippen molar-refractivity contribution in [1.29, 1.82) is 0 Å². The summed E-state index contributed by atoms with van der Waals surface area (Å²) in [6, 6.07) is 16.4. The van der Waals surface area contributed by atoms with Crippen molar-refractivity contribution in [2.45, 2.75) is 24.3 Å². The Labute approximate surface area is 150 Å². The van der Waals surface area contributed by atoms with Gasteiger partial charge in [0.15, 0.2) is 0 Å². The molecule has 24 heavy (non-hydrogen) atoms. The maximum Gasteiger partial charge on any atom is 0.240 e. The lowest BCUT2D eigenvalue weighted by molar-refractivity contribution is -0.117. The predicted octanol–water partition coefficient (Wildman–Crippen LogP) is 4.63. The monoisotopic (exact) mass is 354 g/mol. The van der Waals surface area contributed by atoms with Crippen molar-refractivity contribution in [1.82, 2.24) is 0 Å². The molecule has 3 nitrogen and oxygen atoms in total. The van der Waals surface area contributed by atoms with Gasteiger partial charge in [-0.25, -0.2) is 4.99 Å². The normalized spacial score (nSPS) is 17.0. The highest BCUT2D eigenvalue weighted by molar-refractivity contribution is 8.39. The number of nitrogens with zero attached hydrogens (tertiary/aromatic N) is 2. The predicted molar refractivity (Wildman–Crippen MR) is 104 cm³/mol. The topological polar surface area (TPSA) is 32.7 Å². The van der Waals surface area contributed by atoms with E-state index in [9.17, 15) is 4.79 Å².